The third kappa shape index (κ3) is 3.08. The van der Waals surface area contributed by atoms with Crippen molar-refractivity contribution in [3.63, 3.8) is 0 Å². The molecule has 21 heavy (non-hydrogen) atoms. The monoisotopic (exact) mass is 296 g/mol. The second-order valence-electron chi connectivity index (χ2n) is 6.93. The molecule has 0 aromatic heterocycles. The van der Waals surface area contributed by atoms with Crippen molar-refractivity contribution in [1.29, 1.82) is 0 Å². The molecular weight excluding hydrogens is 268 g/mol. The Morgan fingerprint density at radius 3 is 2.71 bits per heavy atom. The average molecular weight is 296 g/mol. The molecule has 0 unspecified atom stereocenters. The molecule has 2 aliphatic carbocycles. The second kappa shape index (κ2) is 6.59. The first kappa shape index (κ1) is 16.7. The zero-order chi connectivity index (χ0) is 15.6. The summed E-state index contributed by atoms with van der Waals surface area (Å²) in [6.45, 7) is 6.84. The van der Waals surface area contributed by atoms with E-state index in [9.17, 15) is 9.90 Å². The van der Waals surface area contributed by atoms with E-state index in [0.29, 0.717) is 18.9 Å². The number of hydrogen-bond donors (Lipinski definition) is 1. The highest BCUT2D eigenvalue weighted by Gasteiger charge is 2.52. The Labute approximate surface area is 127 Å². The van der Waals surface area contributed by atoms with Gasteiger partial charge in [-0.15, -0.1) is 0 Å². The van der Waals surface area contributed by atoms with Gasteiger partial charge in [-0.3, -0.25) is 4.79 Å². The van der Waals surface area contributed by atoms with Gasteiger partial charge in [-0.1, -0.05) is 19.1 Å². The van der Waals surface area contributed by atoms with Gasteiger partial charge in [0, 0.05) is 27.2 Å². The van der Waals surface area contributed by atoms with Crippen molar-refractivity contribution in [3.8, 4) is 0 Å². The number of Topliss-reactive ketones (excluding diaryl/α,β-unsaturated/α-hetero) is 1. The van der Waals surface area contributed by atoms with E-state index < -0.39 is 0 Å². The smallest absolute Gasteiger partial charge is 0.141 e. The van der Waals surface area contributed by atoms with E-state index in [1.807, 2.05) is 0 Å². The largest absolute Gasteiger partial charge is 0.396 e. The van der Waals surface area contributed by atoms with Crippen LogP contribution in [0.4, 0.5) is 0 Å². The van der Waals surface area contributed by atoms with Crippen molar-refractivity contribution in [2.24, 2.45) is 23.2 Å². The predicted octanol–water partition coefficient (Wildman–Crippen LogP) is 2.21. The van der Waals surface area contributed by atoms with Crippen molar-refractivity contribution in [1.82, 2.24) is 0 Å². The Kier molecular flexibility index (Phi) is 5.23. The van der Waals surface area contributed by atoms with Crippen molar-refractivity contribution in [2.45, 2.75) is 38.7 Å². The summed E-state index contributed by atoms with van der Waals surface area (Å²) < 4.78 is 10.8. The lowest BCUT2D eigenvalue weighted by atomic mass is 9.51. The Hall–Kier alpha value is -0.710. The fourth-order valence-corrected chi connectivity index (χ4v) is 4.07. The third-order valence-electron chi connectivity index (χ3n) is 5.64. The molecule has 0 aromatic carbocycles. The number of aliphatic hydroxyl groups excluding tert-OH is 1. The summed E-state index contributed by atoms with van der Waals surface area (Å²) in [5.41, 5.74) is 1.06. The highest BCUT2D eigenvalue weighted by Crippen LogP contribution is 2.56. The molecule has 4 nitrogen and oxygen atoms in total. The first-order valence-corrected chi connectivity index (χ1v) is 7.79. The minimum absolute atomic E-state index is 0.105. The number of carbonyl (C=O) groups excluding carboxylic acids is 1. The number of methoxy groups -OCH3 is 2. The predicted molar refractivity (Wildman–Crippen MR) is 81.0 cm³/mol. The number of allylic oxidation sites excluding steroid dienone is 1. The molecule has 0 heterocycles. The van der Waals surface area contributed by atoms with Gasteiger partial charge in [-0.2, -0.15) is 0 Å². The van der Waals surface area contributed by atoms with Crippen LogP contribution in [0.2, 0.25) is 0 Å². The molecule has 2 rings (SSSR count). The Balaban J connectivity index is 2.23. The lowest BCUT2D eigenvalue weighted by Gasteiger charge is -2.53. The van der Waals surface area contributed by atoms with Gasteiger partial charge < -0.3 is 14.6 Å². The van der Waals surface area contributed by atoms with E-state index in [0.717, 1.165) is 19.3 Å². The van der Waals surface area contributed by atoms with Crippen molar-refractivity contribution < 1.29 is 19.4 Å². The molecule has 0 spiro atoms. The fraction of sp³-hybridized carbons (Fsp3) is 0.824. The number of ketones is 1. The second-order valence-corrected chi connectivity index (χ2v) is 6.93. The molecule has 4 heteroatoms. The summed E-state index contributed by atoms with van der Waals surface area (Å²) >= 11 is 0. The van der Waals surface area contributed by atoms with Crippen LogP contribution in [0.5, 0.6) is 0 Å². The number of rotatable bonds is 4. The van der Waals surface area contributed by atoms with Crippen LogP contribution in [-0.4, -0.2) is 44.4 Å². The normalized spacial score (nSPS) is 40.8. The van der Waals surface area contributed by atoms with Gasteiger partial charge in [-0.25, -0.2) is 0 Å². The van der Waals surface area contributed by atoms with Crippen LogP contribution < -0.4 is 0 Å². The maximum atomic E-state index is 12.7. The maximum Gasteiger partial charge on any atom is 0.141 e. The van der Waals surface area contributed by atoms with E-state index in [2.05, 4.69) is 13.5 Å². The summed E-state index contributed by atoms with van der Waals surface area (Å²) in [4.78, 5) is 12.7. The van der Waals surface area contributed by atoms with Crippen LogP contribution in [0.15, 0.2) is 12.2 Å². The molecule has 2 saturated carbocycles. The molecule has 0 amide bonds. The highest BCUT2D eigenvalue weighted by atomic mass is 16.5. The summed E-state index contributed by atoms with van der Waals surface area (Å²) in [6, 6.07) is 0. The minimum Gasteiger partial charge on any atom is -0.396 e. The molecule has 0 bridgehead atoms. The minimum atomic E-state index is -0.213. The summed E-state index contributed by atoms with van der Waals surface area (Å²) in [5.74, 6) is 0.560. The maximum absolute atomic E-state index is 12.7. The van der Waals surface area contributed by atoms with E-state index in [-0.39, 0.29) is 35.7 Å². The van der Waals surface area contributed by atoms with Crippen molar-refractivity contribution >= 4 is 5.78 Å². The van der Waals surface area contributed by atoms with E-state index >= 15 is 0 Å². The quantitative estimate of drug-likeness (QED) is 0.808. The molecule has 2 aliphatic rings. The lowest BCUT2D eigenvalue weighted by molar-refractivity contribution is -0.136. The molecule has 5 atom stereocenters. The van der Waals surface area contributed by atoms with Crippen LogP contribution in [-0.2, 0) is 14.3 Å². The van der Waals surface area contributed by atoms with E-state index in [1.165, 1.54) is 5.57 Å². The standard InChI is InChI=1S/C17H28O4/c1-11-5-6-16(21-4)13(9-20-3)15(19)7-14-12(11)8-17(14,2)10-18/h12-14,16,18H,1,5-10H2,2-4H3/t12-,13+,14+,16-,17+/m0/s1. The van der Waals surface area contributed by atoms with Gasteiger partial charge in [0.05, 0.1) is 18.6 Å². The number of hydrogen-bond acceptors (Lipinski definition) is 4. The highest BCUT2D eigenvalue weighted by molar-refractivity contribution is 5.82. The zero-order valence-corrected chi connectivity index (χ0v) is 13.4. The molecule has 0 aliphatic heterocycles. The number of ether oxygens (including phenoxy) is 2. The van der Waals surface area contributed by atoms with Crippen LogP contribution in [0.3, 0.4) is 0 Å². The first-order chi connectivity index (χ1) is 9.96. The van der Waals surface area contributed by atoms with Crippen LogP contribution in [0, 0.1) is 23.2 Å². The first-order valence-electron chi connectivity index (χ1n) is 7.79. The Morgan fingerprint density at radius 2 is 2.14 bits per heavy atom. The summed E-state index contributed by atoms with van der Waals surface area (Å²) in [7, 11) is 3.28. The van der Waals surface area contributed by atoms with Gasteiger partial charge in [0.15, 0.2) is 0 Å². The molecular formula is C17H28O4. The summed E-state index contributed by atoms with van der Waals surface area (Å²) in [6.07, 6.45) is 3.02. The van der Waals surface area contributed by atoms with Gasteiger partial charge in [0.1, 0.15) is 5.78 Å². The lowest BCUT2D eigenvalue weighted by Crippen LogP contribution is -2.50. The Morgan fingerprint density at radius 1 is 1.43 bits per heavy atom. The molecule has 0 aromatic rings. The van der Waals surface area contributed by atoms with Crippen LogP contribution in [0.25, 0.3) is 0 Å². The van der Waals surface area contributed by atoms with Crippen LogP contribution >= 0.6 is 0 Å². The summed E-state index contributed by atoms with van der Waals surface area (Å²) in [5, 5.41) is 9.67. The van der Waals surface area contributed by atoms with Gasteiger partial charge in [-0.05, 0) is 36.5 Å². The number of fused-ring (bicyclic) bond motifs is 1. The molecule has 1 N–H and O–H groups in total. The Bertz CT molecular complexity index is 406. The van der Waals surface area contributed by atoms with Crippen molar-refractivity contribution in [3.05, 3.63) is 12.2 Å². The topological polar surface area (TPSA) is 55.8 Å². The third-order valence-corrected chi connectivity index (χ3v) is 5.64. The van der Waals surface area contributed by atoms with E-state index in [4.69, 9.17) is 9.47 Å². The number of carbonyl (C=O) groups is 1. The van der Waals surface area contributed by atoms with E-state index in [1.54, 1.807) is 14.2 Å². The molecule has 0 saturated heterocycles. The molecule has 0 radical (unpaired) electrons. The zero-order valence-electron chi connectivity index (χ0n) is 13.4. The fourth-order valence-electron chi connectivity index (χ4n) is 4.07. The number of aliphatic hydroxyl groups is 1. The van der Waals surface area contributed by atoms with Gasteiger partial charge in [0.25, 0.3) is 0 Å². The van der Waals surface area contributed by atoms with Gasteiger partial charge in [0.2, 0.25) is 0 Å². The molecule has 120 valence electrons. The average Bonchev–Trinajstić information content (AvgIpc) is 2.51. The van der Waals surface area contributed by atoms with Crippen molar-refractivity contribution in [2.75, 3.05) is 27.4 Å². The van der Waals surface area contributed by atoms with Crippen LogP contribution in [0.1, 0.15) is 32.6 Å². The van der Waals surface area contributed by atoms with Gasteiger partial charge >= 0.3 is 0 Å². The molecule has 2 fully saturated rings. The SMILES string of the molecule is C=C1CC[C@H](OC)[C@H](COC)C(=O)C[C@@H]2[C@H]1C[C@]2(C)CO.